The Morgan fingerprint density at radius 3 is 2.27 bits per heavy atom. The molecule has 0 fully saturated rings. The number of ether oxygens (including phenoxy) is 1. The zero-order valence-corrected chi connectivity index (χ0v) is 12.1. The molecule has 0 saturated carbocycles. The van der Waals surface area contributed by atoms with E-state index in [1.807, 2.05) is 18.2 Å². The van der Waals surface area contributed by atoms with Crippen LogP contribution in [0, 0.1) is 0 Å². The first-order chi connectivity index (χ1) is 6.86. The van der Waals surface area contributed by atoms with Gasteiger partial charge in [-0.15, -0.1) is 0 Å². The summed E-state index contributed by atoms with van der Waals surface area (Å²) in [5, 5.41) is 0. The quantitative estimate of drug-likeness (QED) is 0.621. The first-order valence-electron chi connectivity index (χ1n) is 5.05. The number of hydrogen-bond donors (Lipinski definition) is 0. The number of carbonyl (C=O) groups excluding carboxylic acids is 1. The summed E-state index contributed by atoms with van der Waals surface area (Å²) in [6.45, 7) is 1.62. The van der Waals surface area contributed by atoms with Crippen LogP contribution in [0.5, 0.6) is 5.75 Å². The Morgan fingerprint density at radius 1 is 1.27 bits per heavy atom. The molecular formula is C12H18GeO2. The van der Waals surface area contributed by atoms with Gasteiger partial charge in [-0.05, 0) is 0 Å². The second-order valence-corrected chi connectivity index (χ2v) is 15.3. The molecule has 0 amide bonds. The van der Waals surface area contributed by atoms with Crippen LogP contribution in [0.4, 0.5) is 0 Å². The molecule has 0 aromatic heterocycles. The van der Waals surface area contributed by atoms with Crippen molar-refractivity contribution in [1.82, 2.24) is 0 Å². The van der Waals surface area contributed by atoms with Crippen molar-refractivity contribution in [3.8, 4) is 5.75 Å². The van der Waals surface area contributed by atoms with Crippen molar-refractivity contribution in [1.29, 1.82) is 0 Å². The van der Waals surface area contributed by atoms with E-state index in [4.69, 9.17) is 4.74 Å². The SMILES string of the molecule is COc1ccc(C(C)=O)[c]([Ge]([CH3])([CH3])[CH3])c1. The van der Waals surface area contributed by atoms with Gasteiger partial charge in [0.2, 0.25) is 0 Å². The van der Waals surface area contributed by atoms with Gasteiger partial charge in [-0.2, -0.15) is 0 Å². The molecule has 0 heterocycles. The zero-order valence-electron chi connectivity index (χ0n) is 10.0. The number of Topliss-reactive ketones (excluding diaryl/α,β-unsaturated/α-hetero) is 1. The second-order valence-electron chi connectivity index (χ2n) is 4.72. The maximum absolute atomic E-state index is 11.5. The summed E-state index contributed by atoms with van der Waals surface area (Å²) in [4.78, 5) is 11.5. The van der Waals surface area contributed by atoms with Gasteiger partial charge in [-0.1, -0.05) is 0 Å². The predicted octanol–water partition coefficient (Wildman–Crippen LogP) is 2.44. The Hall–Kier alpha value is -0.767. The number of benzene rings is 1. The summed E-state index contributed by atoms with van der Waals surface area (Å²) in [6.07, 6.45) is 0. The molecule has 82 valence electrons. The third kappa shape index (κ3) is 2.84. The summed E-state index contributed by atoms with van der Waals surface area (Å²) in [5.41, 5.74) is 0.864. The fraction of sp³-hybridized carbons (Fsp3) is 0.417. The second kappa shape index (κ2) is 4.39. The van der Waals surface area contributed by atoms with Crippen molar-refractivity contribution < 1.29 is 9.53 Å². The van der Waals surface area contributed by atoms with Crippen LogP contribution in [0.2, 0.25) is 17.3 Å². The number of carbonyl (C=O) groups is 1. The Morgan fingerprint density at radius 2 is 1.87 bits per heavy atom. The molecule has 0 aliphatic carbocycles. The van der Waals surface area contributed by atoms with E-state index in [1.165, 1.54) is 4.40 Å². The summed E-state index contributed by atoms with van der Waals surface area (Å²) in [5.74, 6) is 7.83. The first kappa shape index (κ1) is 12.3. The molecule has 1 aromatic carbocycles. The van der Waals surface area contributed by atoms with Gasteiger partial charge in [0.15, 0.2) is 0 Å². The van der Waals surface area contributed by atoms with Crippen LogP contribution in [0.15, 0.2) is 18.2 Å². The van der Waals surface area contributed by atoms with Gasteiger partial charge in [0.25, 0.3) is 0 Å². The van der Waals surface area contributed by atoms with Gasteiger partial charge in [-0.25, -0.2) is 0 Å². The van der Waals surface area contributed by atoms with Crippen molar-refractivity contribution >= 4 is 23.4 Å². The molecule has 0 atom stereocenters. The monoisotopic (exact) mass is 268 g/mol. The van der Waals surface area contributed by atoms with Crippen molar-refractivity contribution in [3.63, 3.8) is 0 Å². The summed E-state index contributed by atoms with van der Waals surface area (Å²) in [7, 11) is 1.65. The van der Waals surface area contributed by atoms with Crippen LogP contribution in [0.25, 0.3) is 0 Å². The van der Waals surface area contributed by atoms with Crippen LogP contribution >= 0.6 is 0 Å². The summed E-state index contributed by atoms with van der Waals surface area (Å²) < 4.78 is 6.43. The molecule has 0 radical (unpaired) electrons. The number of methoxy groups -OCH3 is 1. The molecule has 0 aliphatic rings. The Bertz CT molecular complexity index is 378. The van der Waals surface area contributed by atoms with E-state index in [1.54, 1.807) is 14.0 Å². The van der Waals surface area contributed by atoms with E-state index in [-0.39, 0.29) is 5.78 Å². The Kier molecular flexibility index (Phi) is 3.60. The van der Waals surface area contributed by atoms with Crippen LogP contribution < -0.4 is 9.13 Å². The van der Waals surface area contributed by atoms with E-state index < -0.39 is 13.3 Å². The maximum atomic E-state index is 11.5. The molecular weight excluding hydrogens is 249 g/mol. The van der Waals surface area contributed by atoms with Gasteiger partial charge < -0.3 is 0 Å². The van der Waals surface area contributed by atoms with Crippen molar-refractivity contribution in [2.45, 2.75) is 24.2 Å². The van der Waals surface area contributed by atoms with E-state index in [2.05, 4.69) is 17.3 Å². The molecule has 0 saturated heterocycles. The number of hydrogen-bond acceptors (Lipinski definition) is 2. The summed E-state index contributed by atoms with van der Waals surface area (Å²) >= 11 is -1.99. The van der Waals surface area contributed by atoms with Gasteiger partial charge >= 0.3 is 93.8 Å². The van der Waals surface area contributed by atoms with Crippen LogP contribution in [0.3, 0.4) is 0 Å². The molecule has 1 rings (SSSR count). The number of ketones is 1. The molecule has 1 aromatic rings. The standard InChI is InChI=1S/C12H18GeO2/c1-9(14)11-7-6-10(15-5)8-12(11)13(2,3)4/h6-8H,1-5H3. The van der Waals surface area contributed by atoms with Gasteiger partial charge in [0.1, 0.15) is 0 Å². The number of rotatable bonds is 3. The van der Waals surface area contributed by atoms with Crippen molar-refractivity contribution in [2.24, 2.45) is 0 Å². The predicted molar refractivity (Wildman–Crippen MR) is 66.0 cm³/mol. The third-order valence-electron chi connectivity index (χ3n) is 2.41. The normalized spacial score (nSPS) is 11.3. The molecule has 0 aliphatic heterocycles. The molecule has 15 heavy (non-hydrogen) atoms. The van der Waals surface area contributed by atoms with E-state index in [0.29, 0.717) is 0 Å². The fourth-order valence-electron chi connectivity index (χ4n) is 1.58. The van der Waals surface area contributed by atoms with Gasteiger partial charge in [-0.3, -0.25) is 0 Å². The Labute approximate surface area is 94.0 Å². The topological polar surface area (TPSA) is 26.3 Å². The Balaban J connectivity index is 3.36. The van der Waals surface area contributed by atoms with Crippen LogP contribution in [-0.4, -0.2) is 26.2 Å². The van der Waals surface area contributed by atoms with Crippen molar-refractivity contribution in [3.05, 3.63) is 23.8 Å². The van der Waals surface area contributed by atoms with Crippen molar-refractivity contribution in [2.75, 3.05) is 7.11 Å². The molecule has 0 unspecified atom stereocenters. The van der Waals surface area contributed by atoms with Gasteiger partial charge in [0.05, 0.1) is 0 Å². The minimum atomic E-state index is -1.99. The van der Waals surface area contributed by atoms with E-state index in [0.717, 1.165) is 11.3 Å². The summed E-state index contributed by atoms with van der Waals surface area (Å²) in [6, 6.07) is 5.76. The van der Waals surface area contributed by atoms with Gasteiger partial charge in [0, 0.05) is 0 Å². The molecule has 3 heteroatoms. The molecule has 0 N–H and O–H groups in total. The third-order valence-corrected chi connectivity index (χ3v) is 6.67. The van der Waals surface area contributed by atoms with E-state index in [9.17, 15) is 4.79 Å². The van der Waals surface area contributed by atoms with Crippen LogP contribution in [0.1, 0.15) is 17.3 Å². The average Bonchev–Trinajstić information content (AvgIpc) is 2.15. The van der Waals surface area contributed by atoms with Crippen LogP contribution in [-0.2, 0) is 0 Å². The van der Waals surface area contributed by atoms with E-state index >= 15 is 0 Å². The first-order valence-corrected chi connectivity index (χ1v) is 12.4. The molecule has 0 bridgehead atoms. The fourth-order valence-corrected chi connectivity index (χ4v) is 5.02. The average molecular weight is 267 g/mol. The molecule has 2 nitrogen and oxygen atoms in total. The zero-order chi connectivity index (χ0) is 11.6. The minimum absolute atomic E-state index is 0.146. The molecule has 0 spiro atoms.